The van der Waals surface area contributed by atoms with E-state index in [4.69, 9.17) is 0 Å². The van der Waals surface area contributed by atoms with Gasteiger partial charge in [-0.3, -0.25) is 14.6 Å². The summed E-state index contributed by atoms with van der Waals surface area (Å²) in [6.07, 6.45) is 6.79. The van der Waals surface area contributed by atoms with Crippen LogP contribution in [0.3, 0.4) is 0 Å². The van der Waals surface area contributed by atoms with Gasteiger partial charge in [0.15, 0.2) is 0 Å². The van der Waals surface area contributed by atoms with Crippen LogP contribution < -0.4 is 4.90 Å². The fourth-order valence-electron chi connectivity index (χ4n) is 3.91. The van der Waals surface area contributed by atoms with Crippen LogP contribution in [-0.2, 0) is 16.0 Å². The van der Waals surface area contributed by atoms with E-state index in [9.17, 15) is 9.59 Å². The van der Waals surface area contributed by atoms with Gasteiger partial charge in [0.25, 0.3) is 0 Å². The van der Waals surface area contributed by atoms with Crippen LogP contribution in [0.1, 0.15) is 12.0 Å². The van der Waals surface area contributed by atoms with Gasteiger partial charge in [0.05, 0.1) is 11.8 Å². The molecule has 0 bridgehead atoms. The van der Waals surface area contributed by atoms with Crippen LogP contribution in [0.4, 0.5) is 5.82 Å². The number of aromatic nitrogens is 2. The van der Waals surface area contributed by atoms with Crippen molar-refractivity contribution in [3.63, 3.8) is 0 Å². The number of anilines is 1. The maximum Gasteiger partial charge on any atom is 0.226 e. The zero-order valence-corrected chi connectivity index (χ0v) is 16.8. The lowest BCUT2D eigenvalue weighted by atomic mass is 10.2. The number of pyridine rings is 2. The van der Waals surface area contributed by atoms with Crippen LogP contribution in [0.5, 0.6) is 0 Å². The molecule has 2 fully saturated rings. The van der Waals surface area contributed by atoms with E-state index in [2.05, 4.69) is 14.9 Å². The molecule has 2 atom stereocenters. The number of nitrogens with zero attached hydrogens (tertiary/aromatic N) is 5. The van der Waals surface area contributed by atoms with Crippen molar-refractivity contribution in [2.24, 2.45) is 11.8 Å². The van der Waals surface area contributed by atoms with Gasteiger partial charge in [-0.1, -0.05) is 6.07 Å². The normalized spacial score (nSPS) is 21.0. The van der Waals surface area contributed by atoms with Gasteiger partial charge in [-0.25, -0.2) is 4.98 Å². The van der Waals surface area contributed by atoms with Crippen LogP contribution in [0.15, 0.2) is 48.9 Å². The van der Waals surface area contributed by atoms with E-state index < -0.39 is 0 Å². The number of amides is 2. The number of hydrogen-bond donors (Lipinski definition) is 0. The highest BCUT2D eigenvalue weighted by atomic mass is 16.2. The standard InChI is InChI=1S/C22H27N5O2/c1-25(11-7-17-5-9-23-10-6-17)21(28)18-16-19(18)22(29)27-14-12-26(13-15-27)20-4-2-3-8-24-20/h2-6,8-10,18-19H,7,11-16H2,1H3. The van der Waals surface area contributed by atoms with Crippen LogP contribution in [0.2, 0.25) is 0 Å². The second-order valence-electron chi connectivity index (χ2n) is 7.81. The Hall–Kier alpha value is -2.96. The number of piperazine rings is 1. The van der Waals surface area contributed by atoms with Crippen molar-refractivity contribution in [2.45, 2.75) is 12.8 Å². The molecule has 0 N–H and O–H groups in total. The van der Waals surface area contributed by atoms with E-state index >= 15 is 0 Å². The number of rotatable bonds is 6. The Balaban J connectivity index is 1.23. The molecule has 7 heteroatoms. The molecule has 0 spiro atoms. The van der Waals surface area contributed by atoms with E-state index in [1.165, 1.54) is 0 Å². The average molecular weight is 393 g/mol. The van der Waals surface area contributed by atoms with Crippen molar-refractivity contribution in [3.05, 3.63) is 54.5 Å². The third-order valence-corrected chi connectivity index (χ3v) is 5.85. The van der Waals surface area contributed by atoms with Gasteiger partial charge in [-0.05, 0) is 42.7 Å². The minimum absolute atomic E-state index is 0.0875. The quantitative estimate of drug-likeness (QED) is 0.743. The topological polar surface area (TPSA) is 69.6 Å². The Morgan fingerprint density at radius 1 is 1.03 bits per heavy atom. The lowest BCUT2D eigenvalue weighted by molar-refractivity contribution is -0.137. The summed E-state index contributed by atoms with van der Waals surface area (Å²) in [6, 6.07) is 9.81. The molecule has 0 aromatic carbocycles. The summed E-state index contributed by atoms with van der Waals surface area (Å²) in [5, 5.41) is 0. The SMILES string of the molecule is CN(CCc1ccncc1)C(=O)C1CC1C(=O)N1CCN(c2ccccn2)CC1. The summed E-state index contributed by atoms with van der Waals surface area (Å²) in [7, 11) is 1.83. The zero-order chi connectivity index (χ0) is 20.2. The molecular weight excluding hydrogens is 366 g/mol. The van der Waals surface area contributed by atoms with E-state index in [0.29, 0.717) is 26.1 Å². The Labute approximate surface area is 171 Å². The second-order valence-corrected chi connectivity index (χ2v) is 7.81. The van der Waals surface area contributed by atoms with E-state index in [0.717, 1.165) is 30.9 Å². The Morgan fingerprint density at radius 2 is 1.79 bits per heavy atom. The molecule has 152 valence electrons. The predicted octanol–water partition coefficient (Wildman–Crippen LogP) is 1.46. The highest BCUT2D eigenvalue weighted by Gasteiger charge is 2.50. The van der Waals surface area contributed by atoms with Gasteiger partial charge < -0.3 is 14.7 Å². The lowest BCUT2D eigenvalue weighted by Crippen LogP contribution is -2.49. The molecule has 1 saturated heterocycles. The molecule has 7 nitrogen and oxygen atoms in total. The molecule has 2 aromatic rings. The predicted molar refractivity (Wildman–Crippen MR) is 110 cm³/mol. The zero-order valence-electron chi connectivity index (χ0n) is 16.8. The smallest absolute Gasteiger partial charge is 0.226 e. The molecule has 2 amide bonds. The second kappa shape index (κ2) is 8.59. The molecule has 1 aliphatic carbocycles. The first kappa shape index (κ1) is 19.4. The Bertz CT molecular complexity index is 837. The van der Waals surface area contributed by atoms with Crippen molar-refractivity contribution < 1.29 is 9.59 Å². The fourth-order valence-corrected chi connectivity index (χ4v) is 3.91. The summed E-state index contributed by atoms with van der Waals surface area (Å²) >= 11 is 0. The molecule has 4 rings (SSSR count). The van der Waals surface area contributed by atoms with Gasteiger partial charge in [-0.15, -0.1) is 0 Å². The maximum atomic E-state index is 12.8. The van der Waals surface area contributed by atoms with E-state index in [-0.39, 0.29) is 23.7 Å². The van der Waals surface area contributed by atoms with Crippen molar-refractivity contribution in [1.29, 1.82) is 0 Å². The van der Waals surface area contributed by atoms with Crippen molar-refractivity contribution in [2.75, 3.05) is 44.7 Å². The Morgan fingerprint density at radius 3 is 2.48 bits per heavy atom. The molecule has 2 unspecified atom stereocenters. The highest BCUT2D eigenvalue weighted by molar-refractivity contribution is 5.92. The van der Waals surface area contributed by atoms with Gasteiger partial charge in [0.1, 0.15) is 5.82 Å². The number of carbonyl (C=O) groups is 2. The third kappa shape index (κ3) is 4.55. The number of carbonyl (C=O) groups excluding carboxylic acids is 2. The summed E-state index contributed by atoms with van der Waals surface area (Å²) in [5.74, 6) is 0.872. The van der Waals surface area contributed by atoms with Crippen molar-refractivity contribution in [1.82, 2.24) is 19.8 Å². The largest absolute Gasteiger partial charge is 0.353 e. The molecule has 3 heterocycles. The average Bonchev–Trinajstić information content (AvgIpc) is 3.59. The van der Waals surface area contributed by atoms with Crippen molar-refractivity contribution >= 4 is 17.6 Å². The van der Waals surface area contributed by atoms with Gasteiger partial charge in [-0.2, -0.15) is 0 Å². The summed E-state index contributed by atoms with van der Waals surface area (Å²) in [4.78, 5) is 39.8. The molecule has 0 radical (unpaired) electrons. The lowest BCUT2D eigenvalue weighted by Gasteiger charge is -2.35. The highest BCUT2D eigenvalue weighted by Crippen LogP contribution is 2.41. The first-order valence-electron chi connectivity index (χ1n) is 10.2. The van der Waals surface area contributed by atoms with Crippen LogP contribution in [-0.4, -0.2) is 71.4 Å². The molecule has 29 heavy (non-hydrogen) atoms. The summed E-state index contributed by atoms with van der Waals surface area (Å²) in [5.41, 5.74) is 1.16. The van der Waals surface area contributed by atoms with Crippen LogP contribution in [0.25, 0.3) is 0 Å². The van der Waals surface area contributed by atoms with Gasteiger partial charge in [0.2, 0.25) is 11.8 Å². The summed E-state index contributed by atoms with van der Waals surface area (Å²) < 4.78 is 0. The van der Waals surface area contributed by atoms with Crippen LogP contribution in [0, 0.1) is 11.8 Å². The molecular formula is C22H27N5O2. The first-order chi connectivity index (χ1) is 14.1. The first-order valence-corrected chi connectivity index (χ1v) is 10.2. The Kier molecular flexibility index (Phi) is 5.74. The van der Waals surface area contributed by atoms with Gasteiger partial charge >= 0.3 is 0 Å². The molecule has 2 aromatic heterocycles. The van der Waals surface area contributed by atoms with Gasteiger partial charge in [0, 0.05) is 58.4 Å². The third-order valence-electron chi connectivity index (χ3n) is 5.85. The minimum Gasteiger partial charge on any atom is -0.353 e. The molecule has 1 saturated carbocycles. The van der Waals surface area contributed by atoms with Crippen LogP contribution >= 0.6 is 0 Å². The molecule has 1 aliphatic heterocycles. The number of hydrogen-bond acceptors (Lipinski definition) is 5. The van der Waals surface area contributed by atoms with Crippen molar-refractivity contribution in [3.8, 4) is 0 Å². The molecule has 2 aliphatic rings. The fraction of sp³-hybridized carbons (Fsp3) is 0.455. The monoisotopic (exact) mass is 393 g/mol. The summed E-state index contributed by atoms with van der Waals surface area (Å²) in [6.45, 7) is 3.58. The maximum absolute atomic E-state index is 12.8. The minimum atomic E-state index is -0.154. The van der Waals surface area contributed by atoms with E-state index in [1.54, 1.807) is 23.5 Å². The van der Waals surface area contributed by atoms with E-state index in [1.807, 2.05) is 42.3 Å². The number of likely N-dealkylation sites (N-methyl/N-ethyl adjacent to an activating group) is 1.